The van der Waals surface area contributed by atoms with E-state index in [0.717, 1.165) is 5.01 Å². The summed E-state index contributed by atoms with van der Waals surface area (Å²) in [6.45, 7) is 1.80. The van der Waals surface area contributed by atoms with Gasteiger partial charge in [-0.1, -0.05) is 11.3 Å². The van der Waals surface area contributed by atoms with Crippen LogP contribution in [0, 0.1) is 18.3 Å². The zero-order chi connectivity index (χ0) is 9.42. The summed E-state index contributed by atoms with van der Waals surface area (Å²) in [6.07, 6.45) is 0. The van der Waals surface area contributed by atoms with Crippen LogP contribution in [0.1, 0.15) is 10.7 Å². The van der Waals surface area contributed by atoms with Gasteiger partial charge in [-0.3, -0.25) is 4.79 Å². The number of nitriles is 1. The van der Waals surface area contributed by atoms with Gasteiger partial charge in [0, 0.05) is 6.07 Å². The molecule has 0 saturated heterocycles. The van der Waals surface area contributed by atoms with Crippen molar-refractivity contribution in [3.63, 3.8) is 0 Å². The maximum atomic E-state index is 11.0. The zero-order valence-corrected chi connectivity index (χ0v) is 7.50. The Hall–Kier alpha value is -1.74. The van der Waals surface area contributed by atoms with Crippen LogP contribution in [0.25, 0.3) is 4.96 Å². The van der Waals surface area contributed by atoms with Crippen molar-refractivity contribution in [3.05, 3.63) is 27.1 Å². The van der Waals surface area contributed by atoms with Gasteiger partial charge < -0.3 is 0 Å². The predicted octanol–water partition coefficient (Wildman–Crippen LogP) is 0.331. The molecule has 5 nitrogen and oxygen atoms in total. The molecule has 2 heterocycles. The number of hydrogen-bond acceptors (Lipinski definition) is 5. The molecule has 0 aromatic carbocycles. The van der Waals surface area contributed by atoms with Gasteiger partial charge in [-0.25, -0.2) is 0 Å². The smallest absolute Gasteiger partial charge is 0.267 e. The van der Waals surface area contributed by atoms with Gasteiger partial charge in [0.25, 0.3) is 5.56 Å². The van der Waals surface area contributed by atoms with Gasteiger partial charge in [0.05, 0.1) is 0 Å². The molecular weight excluding hydrogens is 188 g/mol. The van der Waals surface area contributed by atoms with E-state index in [4.69, 9.17) is 5.26 Å². The molecule has 0 fully saturated rings. The first kappa shape index (κ1) is 7.89. The molecule has 2 rings (SSSR count). The number of aromatic nitrogens is 3. The minimum absolute atomic E-state index is 0.222. The molecule has 0 N–H and O–H groups in total. The normalized spacial score (nSPS) is 10.2. The Labute approximate surface area is 76.9 Å². The van der Waals surface area contributed by atoms with Gasteiger partial charge in [0.1, 0.15) is 11.1 Å². The van der Waals surface area contributed by atoms with Crippen molar-refractivity contribution >= 4 is 16.3 Å². The molecule has 0 saturated carbocycles. The fourth-order valence-electron chi connectivity index (χ4n) is 0.991. The largest absolute Gasteiger partial charge is 0.275 e. The number of nitrogens with zero attached hydrogens (tertiary/aromatic N) is 4. The lowest BCUT2D eigenvalue weighted by molar-refractivity contribution is 0.893. The van der Waals surface area contributed by atoms with Gasteiger partial charge in [0.2, 0.25) is 4.96 Å². The molecule has 0 unspecified atom stereocenters. The monoisotopic (exact) mass is 192 g/mol. The Morgan fingerprint density at radius 1 is 1.69 bits per heavy atom. The second-order valence-corrected chi connectivity index (χ2v) is 3.57. The second kappa shape index (κ2) is 2.64. The van der Waals surface area contributed by atoms with E-state index in [1.54, 1.807) is 6.92 Å². The Kier molecular flexibility index (Phi) is 1.60. The third-order valence-corrected chi connectivity index (χ3v) is 2.29. The molecule has 13 heavy (non-hydrogen) atoms. The second-order valence-electron chi connectivity index (χ2n) is 2.41. The first-order chi connectivity index (χ1) is 6.20. The van der Waals surface area contributed by atoms with Crippen LogP contribution in [0.15, 0.2) is 10.9 Å². The van der Waals surface area contributed by atoms with Crippen LogP contribution in [0.2, 0.25) is 0 Å². The van der Waals surface area contributed by atoms with E-state index in [0.29, 0.717) is 4.96 Å². The van der Waals surface area contributed by atoms with Gasteiger partial charge in [0.15, 0.2) is 5.69 Å². The SMILES string of the molecule is Cc1nn2c(C#N)cc(=O)nc2s1. The minimum Gasteiger partial charge on any atom is -0.267 e. The van der Waals surface area contributed by atoms with E-state index >= 15 is 0 Å². The number of fused-ring (bicyclic) bond motifs is 1. The highest BCUT2D eigenvalue weighted by molar-refractivity contribution is 7.16. The van der Waals surface area contributed by atoms with E-state index < -0.39 is 5.56 Å². The molecule has 0 aliphatic carbocycles. The fourth-order valence-corrected chi connectivity index (χ4v) is 1.74. The lowest BCUT2D eigenvalue weighted by Gasteiger charge is -1.90. The first-order valence-corrected chi connectivity index (χ1v) is 4.30. The molecule has 2 aromatic heterocycles. The van der Waals surface area contributed by atoms with Crippen LogP contribution >= 0.6 is 11.3 Å². The molecule has 0 aliphatic rings. The third kappa shape index (κ3) is 1.19. The Morgan fingerprint density at radius 2 is 2.46 bits per heavy atom. The maximum Gasteiger partial charge on any atom is 0.275 e. The molecule has 6 heteroatoms. The number of hydrogen-bond donors (Lipinski definition) is 0. The van der Waals surface area contributed by atoms with Crippen molar-refractivity contribution in [2.24, 2.45) is 0 Å². The van der Waals surface area contributed by atoms with Crippen LogP contribution in [-0.2, 0) is 0 Å². The predicted molar refractivity (Wildman–Crippen MR) is 46.6 cm³/mol. The molecule has 0 aliphatic heterocycles. The lowest BCUT2D eigenvalue weighted by atomic mass is 10.4. The van der Waals surface area contributed by atoms with Crippen LogP contribution in [-0.4, -0.2) is 14.6 Å². The Morgan fingerprint density at radius 3 is 3.15 bits per heavy atom. The van der Waals surface area contributed by atoms with Crippen LogP contribution in [0.3, 0.4) is 0 Å². The molecule has 0 spiro atoms. The summed E-state index contributed by atoms with van der Waals surface area (Å²) in [6, 6.07) is 3.06. The average molecular weight is 192 g/mol. The zero-order valence-electron chi connectivity index (χ0n) is 6.68. The highest BCUT2D eigenvalue weighted by Crippen LogP contribution is 2.10. The molecule has 0 amide bonds. The van der Waals surface area contributed by atoms with E-state index in [-0.39, 0.29) is 5.69 Å². The van der Waals surface area contributed by atoms with Gasteiger partial charge in [-0.2, -0.15) is 19.9 Å². The Balaban J connectivity index is 2.98. The minimum atomic E-state index is -0.403. The standard InChI is InChI=1S/C7H4N4OS/c1-4-10-11-5(3-8)2-6(12)9-7(11)13-4/h2H,1H3. The summed E-state index contributed by atoms with van der Waals surface area (Å²) >= 11 is 1.29. The molecule has 0 atom stereocenters. The molecule has 64 valence electrons. The van der Waals surface area contributed by atoms with E-state index in [1.807, 2.05) is 6.07 Å². The van der Waals surface area contributed by atoms with Crippen LogP contribution < -0.4 is 5.56 Å². The summed E-state index contributed by atoms with van der Waals surface area (Å²) in [5.41, 5.74) is -0.181. The van der Waals surface area contributed by atoms with Crippen LogP contribution in [0.5, 0.6) is 0 Å². The molecule has 0 radical (unpaired) electrons. The van der Waals surface area contributed by atoms with Gasteiger partial charge in [-0.15, -0.1) is 0 Å². The van der Waals surface area contributed by atoms with Crippen molar-refractivity contribution in [2.45, 2.75) is 6.92 Å². The summed E-state index contributed by atoms with van der Waals surface area (Å²) < 4.78 is 1.38. The highest BCUT2D eigenvalue weighted by atomic mass is 32.1. The lowest BCUT2D eigenvalue weighted by Crippen LogP contribution is -2.09. The Bertz CT molecular complexity index is 562. The number of rotatable bonds is 0. The fraction of sp³-hybridized carbons (Fsp3) is 0.143. The van der Waals surface area contributed by atoms with Crippen LogP contribution in [0.4, 0.5) is 0 Å². The average Bonchev–Trinajstić information content (AvgIpc) is 2.43. The molecular formula is C7H4N4OS. The summed E-state index contributed by atoms with van der Waals surface area (Å²) in [5.74, 6) is 0. The topological polar surface area (TPSA) is 71.1 Å². The first-order valence-electron chi connectivity index (χ1n) is 3.48. The van der Waals surface area contributed by atoms with Crippen molar-refractivity contribution in [2.75, 3.05) is 0 Å². The van der Waals surface area contributed by atoms with Crippen molar-refractivity contribution in [3.8, 4) is 6.07 Å². The van der Waals surface area contributed by atoms with Crippen molar-refractivity contribution < 1.29 is 0 Å². The summed E-state index contributed by atoms with van der Waals surface area (Å²) in [7, 11) is 0. The highest BCUT2D eigenvalue weighted by Gasteiger charge is 2.05. The third-order valence-electron chi connectivity index (χ3n) is 1.47. The maximum absolute atomic E-state index is 11.0. The summed E-state index contributed by atoms with van der Waals surface area (Å²) in [4.78, 5) is 15.2. The quantitative estimate of drug-likeness (QED) is 0.603. The molecule has 2 aromatic rings. The van der Waals surface area contributed by atoms with Gasteiger partial charge in [-0.05, 0) is 6.92 Å². The van der Waals surface area contributed by atoms with Gasteiger partial charge >= 0.3 is 0 Å². The number of aryl methyl sites for hydroxylation is 1. The van der Waals surface area contributed by atoms with E-state index in [1.165, 1.54) is 21.9 Å². The van der Waals surface area contributed by atoms with Crippen molar-refractivity contribution in [1.29, 1.82) is 5.26 Å². The summed E-state index contributed by atoms with van der Waals surface area (Å²) in [5, 5.41) is 13.5. The molecule has 0 bridgehead atoms. The van der Waals surface area contributed by atoms with E-state index in [9.17, 15) is 4.79 Å². The van der Waals surface area contributed by atoms with E-state index in [2.05, 4.69) is 10.1 Å². The van der Waals surface area contributed by atoms with Crippen molar-refractivity contribution in [1.82, 2.24) is 14.6 Å².